The van der Waals surface area contributed by atoms with Crippen LogP contribution in [0.2, 0.25) is 0 Å². The molecule has 0 atom stereocenters. The minimum Gasteiger partial charge on any atom is -0.397 e. The highest BCUT2D eigenvalue weighted by atomic mass is 32.1. The molecule has 1 aromatic carbocycles. The second-order valence-corrected chi connectivity index (χ2v) is 4.80. The smallest absolute Gasteiger partial charge is 0.0907 e. The standard InChI is InChI=1S/C11H10N4S/c1-7-14-9-6-10(15-4-2-3-13-15)8(12)5-11(9)16-7/h2-6H,12H2,1H3. The number of nitrogens with two attached hydrogens (primary N) is 1. The number of nitrogen functional groups attached to an aromatic ring is 1. The topological polar surface area (TPSA) is 56.7 Å². The Morgan fingerprint density at radius 2 is 2.25 bits per heavy atom. The second kappa shape index (κ2) is 3.31. The van der Waals surface area contributed by atoms with Crippen LogP contribution in [0.1, 0.15) is 5.01 Å². The van der Waals surface area contributed by atoms with Crippen LogP contribution in [-0.2, 0) is 0 Å². The molecule has 0 bridgehead atoms. The van der Waals surface area contributed by atoms with E-state index in [1.54, 1.807) is 22.2 Å². The summed E-state index contributed by atoms with van der Waals surface area (Å²) in [6.07, 6.45) is 3.60. The molecule has 5 heteroatoms. The van der Waals surface area contributed by atoms with Crippen LogP contribution in [-0.4, -0.2) is 14.8 Å². The molecule has 2 aromatic heterocycles. The van der Waals surface area contributed by atoms with Gasteiger partial charge < -0.3 is 5.73 Å². The van der Waals surface area contributed by atoms with Crippen molar-refractivity contribution in [2.45, 2.75) is 6.92 Å². The predicted octanol–water partition coefficient (Wildman–Crippen LogP) is 2.37. The summed E-state index contributed by atoms with van der Waals surface area (Å²) in [6, 6.07) is 5.80. The fourth-order valence-corrected chi connectivity index (χ4v) is 2.56. The van der Waals surface area contributed by atoms with Crippen LogP contribution in [0.15, 0.2) is 30.6 Å². The van der Waals surface area contributed by atoms with Gasteiger partial charge in [0.25, 0.3) is 0 Å². The lowest BCUT2D eigenvalue weighted by molar-refractivity contribution is 0.884. The van der Waals surface area contributed by atoms with Crippen molar-refractivity contribution >= 4 is 27.2 Å². The predicted molar refractivity (Wildman–Crippen MR) is 65.9 cm³/mol. The van der Waals surface area contributed by atoms with Crippen molar-refractivity contribution in [3.63, 3.8) is 0 Å². The molecule has 0 aliphatic rings. The molecule has 0 saturated heterocycles. The quantitative estimate of drug-likeness (QED) is 0.653. The number of fused-ring (bicyclic) bond motifs is 1. The van der Waals surface area contributed by atoms with Gasteiger partial charge in [0.15, 0.2) is 0 Å². The third kappa shape index (κ3) is 1.37. The van der Waals surface area contributed by atoms with Crippen molar-refractivity contribution in [1.82, 2.24) is 14.8 Å². The number of hydrogen-bond acceptors (Lipinski definition) is 4. The highest BCUT2D eigenvalue weighted by molar-refractivity contribution is 7.18. The SMILES string of the molecule is Cc1nc2cc(-n3cccn3)c(N)cc2s1. The summed E-state index contributed by atoms with van der Waals surface area (Å²) >= 11 is 1.65. The molecule has 0 aliphatic heterocycles. The molecular formula is C11H10N4S. The van der Waals surface area contributed by atoms with Gasteiger partial charge in [0.2, 0.25) is 0 Å². The van der Waals surface area contributed by atoms with Gasteiger partial charge in [-0.2, -0.15) is 5.10 Å². The molecule has 0 unspecified atom stereocenters. The van der Waals surface area contributed by atoms with E-state index in [0.717, 1.165) is 26.6 Å². The summed E-state index contributed by atoms with van der Waals surface area (Å²) in [5.41, 5.74) is 8.58. The molecule has 2 heterocycles. The lowest BCUT2D eigenvalue weighted by Crippen LogP contribution is -1.99. The first-order chi connectivity index (χ1) is 7.74. The fraction of sp³-hybridized carbons (Fsp3) is 0.0909. The van der Waals surface area contributed by atoms with E-state index in [0.29, 0.717) is 0 Å². The van der Waals surface area contributed by atoms with Crippen LogP contribution in [0, 0.1) is 6.92 Å². The fourth-order valence-electron chi connectivity index (χ4n) is 1.70. The lowest BCUT2D eigenvalue weighted by atomic mass is 10.2. The van der Waals surface area contributed by atoms with E-state index < -0.39 is 0 Å². The van der Waals surface area contributed by atoms with E-state index in [4.69, 9.17) is 5.73 Å². The minimum absolute atomic E-state index is 0.722. The molecule has 0 amide bonds. The van der Waals surface area contributed by atoms with Crippen molar-refractivity contribution in [1.29, 1.82) is 0 Å². The Balaban J connectivity index is 2.29. The van der Waals surface area contributed by atoms with Crippen molar-refractivity contribution in [3.8, 4) is 5.69 Å². The first-order valence-electron chi connectivity index (χ1n) is 4.91. The number of aromatic nitrogens is 3. The minimum atomic E-state index is 0.722. The van der Waals surface area contributed by atoms with E-state index in [1.807, 2.05) is 31.3 Å². The molecule has 0 radical (unpaired) electrons. The maximum Gasteiger partial charge on any atom is 0.0907 e. The first-order valence-corrected chi connectivity index (χ1v) is 5.72. The largest absolute Gasteiger partial charge is 0.397 e. The zero-order valence-corrected chi connectivity index (χ0v) is 9.53. The molecule has 4 nitrogen and oxygen atoms in total. The Kier molecular flexibility index (Phi) is 1.94. The van der Waals surface area contributed by atoms with Gasteiger partial charge in [0.1, 0.15) is 0 Å². The number of aryl methyl sites for hydroxylation is 1. The zero-order chi connectivity index (χ0) is 11.1. The lowest BCUT2D eigenvalue weighted by Gasteiger charge is -2.04. The van der Waals surface area contributed by atoms with Crippen LogP contribution < -0.4 is 5.73 Å². The Morgan fingerprint density at radius 1 is 1.38 bits per heavy atom. The number of anilines is 1. The number of thiazole rings is 1. The van der Waals surface area contributed by atoms with E-state index in [1.165, 1.54) is 0 Å². The Morgan fingerprint density at radius 3 is 3.00 bits per heavy atom. The maximum absolute atomic E-state index is 6.01. The number of hydrogen-bond donors (Lipinski definition) is 1. The molecular weight excluding hydrogens is 220 g/mol. The molecule has 3 aromatic rings. The van der Waals surface area contributed by atoms with Crippen LogP contribution >= 0.6 is 11.3 Å². The van der Waals surface area contributed by atoms with E-state index >= 15 is 0 Å². The van der Waals surface area contributed by atoms with Gasteiger partial charge in [-0.05, 0) is 25.1 Å². The Hall–Kier alpha value is -1.88. The second-order valence-electron chi connectivity index (χ2n) is 3.56. The summed E-state index contributed by atoms with van der Waals surface area (Å²) in [7, 11) is 0. The zero-order valence-electron chi connectivity index (χ0n) is 8.71. The molecule has 0 spiro atoms. The summed E-state index contributed by atoms with van der Waals surface area (Å²) < 4.78 is 2.87. The Labute approximate surface area is 96.3 Å². The highest BCUT2D eigenvalue weighted by Crippen LogP contribution is 2.28. The third-order valence-corrected chi connectivity index (χ3v) is 3.33. The summed E-state index contributed by atoms with van der Waals surface area (Å²) in [6.45, 7) is 1.99. The molecule has 80 valence electrons. The first kappa shape index (κ1) is 9.35. The van der Waals surface area contributed by atoms with Crippen molar-refractivity contribution in [3.05, 3.63) is 35.6 Å². The normalized spacial score (nSPS) is 11.1. The van der Waals surface area contributed by atoms with Crippen molar-refractivity contribution in [2.24, 2.45) is 0 Å². The van der Waals surface area contributed by atoms with Gasteiger partial charge >= 0.3 is 0 Å². The van der Waals surface area contributed by atoms with Crippen LogP contribution in [0.3, 0.4) is 0 Å². The van der Waals surface area contributed by atoms with Crippen molar-refractivity contribution in [2.75, 3.05) is 5.73 Å². The van der Waals surface area contributed by atoms with Crippen molar-refractivity contribution < 1.29 is 0 Å². The monoisotopic (exact) mass is 230 g/mol. The van der Waals surface area contributed by atoms with Gasteiger partial charge in [-0.15, -0.1) is 11.3 Å². The number of rotatable bonds is 1. The average Bonchev–Trinajstić information content (AvgIpc) is 2.83. The summed E-state index contributed by atoms with van der Waals surface area (Å²) in [5.74, 6) is 0. The highest BCUT2D eigenvalue weighted by Gasteiger charge is 2.07. The van der Waals surface area contributed by atoms with E-state index in [2.05, 4.69) is 10.1 Å². The van der Waals surface area contributed by atoms with Gasteiger partial charge in [0.05, 0.1) is 26.6 Å². The summed E-state index contributed by atoms with van der Waals surface area (Å²) in [4.78, 5) is 4.45. The molecule has 2 N–H and O–H groups in total. The van der Waals surface area contributed by atoms with Gasteiger partial charge in [-0.3, -0.25) is 0 Å². The van der Waals surface area contributed by atoms with E-state index in [9.17, 15) is 0 Å². The van der Waals surface area contributed by atoms with Crippen LogP contribution in [0.5, 0.6) is 0 Å². The van der Waals surface area contributed by atoms with Crippen LogP contribution in [0.4, 0.5) is 5.69 Å². The van der Waals surface area contributed by atoms with E-state index in [-0.39, 0.29) is 0 Å². The number of nitrogens with zero attached hydrogens (tertiary/aromatic N) is 3. The average molecular weight is 230 g/mol. The Bertz CT molecular complexity index is 639. The molecule has 3 rings (SSSR count). The summed E-state index contributed by atoms with van der Waals surface area (Å²) in [5, 5.41) is 5.22. The maximum atomic E-state index is 6.01. The van der Waals surface area contributed by atoms with Gasteiger partial charge in [-0.25, -0.2) is 9.67 Å². The molecule has 16 heavy (non-hydrogen) atoms. The molecule has 0 aliphatic carbocycles. The molecule has 0 saturated carbocycles. The van der Waals surface area contributed by atoms with Gasteiger partial charge in [0, 0.05) is 12.4 Å². The molecule has 0 fully saturated rings. The number of benzene rings is 1. The van der Waals surface area contributed by atoms with Gasteiger partial charge in [-0.1, -0.05) is 0 Å². The third-order valence-electron chi connectivity index (χ3n) is 2.40. The van der Waals surface area contributed by atoms with Crippen LogP contribution in [0.25, 0.3) is 15.9 Å².